The Hall–Kier alpha value is -1.86. The van der Waals surface area contributed by atoms with Crippen LogP contribution in [0.4, 0.5) is 5.69 Å². The number of fused-ring (bicyclic) bond motifs is 1. The zero-order valence-electron chi connectivity index (χ0n) is 11.9. The molecule has 1 aliphatic heterocycles. The summed E-state index contributed by atoms with van der Waals surface area (Å²) in [5, 5.41) is 16.7. The number of benzene rings is 1. The van der Waals surface area contributed by atoms with Gasteiger partial charge in [0.1, 0.15) is 4.90 Å². The average molecular weight is 307 g/mol. The Labute approximate surface area is 123 Å². The molecule has 0 fully saturated rings. The van der Waals surface area contributed by atoms with Crippen molar-refractivity contribution in [1.82, 2.24) is 10.2 Å². The van der Waals surface area contributed by atoms with Crippen molar-refractivity contribution in [2.45, 2.75) is 31.3 Å². The Kier molecular flexibility index (Phi) is 3.26. The van der Waals surface area contributed by atoms with E-state index in [0.717, 1.165) is 0 Å². The number of aromatic amines is 1. The van der Waals surface area contributed by atoms with E-state index in [-0.39, 0.29) is 11.4 Å². The smallest absolute Gasteiger partial charge is 0.267 e. The molecule has 0 saturated carbocycles. The number of aromatic nitrogens is 2. The van der Waals surface area contributed by atoms with E-state index in [1.165, 1.54) is 4.31 Å². The minimum atomic E-state index is -3.69. The van der Waals surface area contributed by atoms with Crippen LogP contribution in [0.5, 0.6) is 0 Å². The molecule has 3 rings (SSSR count). The summed E-state index contributed by atoms with van der Waals surface area (Å²) in [7, 11) is -3.69. The summed E-state index contributed by atoms with van der Waals surface area (Å²) in [4.78, 5) is 0.216. The third-order valence-corrected chi connectivity index (χ3v) is 5.86. The average Bonchev–Trinajstić information content (AvgIpc) is 2.79. The molecular formula is C14H17N3O3S. The molecule has 0 spiro atoms. The summed E-state index contributed by atoms with van der Waals surface area (Å²) in [5.41, 5.74) is 2.16. The molecular weight excluding hydrogens is 290 g/mol. The van der Waals surface area contributed by atoms with Gasteiger partial charge in [-0.05, 0) is 26.3 Å². The summed E-state index contributed by atoms with van der Waals surface area (Å²) in [6, 6.07) is 7.05. The molecule has 2 N–H and O–H groups in total. The normalized spacial score (nSPS) is 18.6. The standard InChI is InChI=1S/C14H17N3O3S/c1-9-14(10(2)16-15-9)21(19,20)17-8-7-13(18)11-5-3-4-6-12(11)17/h3-6,13,18H,7-8H2,1-2H3,(H,15,16). The predicted octanol–water partition coefficient (Wildman–Crippen LogP) is 1.66. The quantitative estimate of drug-likeness (QED) is 0.883. The number of aliphatic hydroxyl groups excluding tert-OH is 1. The molecule has 2 heterocycles. The highest BCUT2D eigenvalue weighted by molar-refractivity contribution is 7.93. The number of hydrogen-bond acceptors (Lipinski definition) is 4. The molecule has 1 aromatic carbocycles. The molecule has 0 bridgehead atoms. The Morgan fingerprint density at radius 3 is 2.71 bits per heavy atom. The van der Waals surface area contributed by atoms with E-state index in [0.29, 0.717) is 29.1 Å². The van der Waals surface area contributed by atoms with Crippen LogP contribution in [0.2, 0.25) is 0 Å². The number of sulfonamides is 1. The Balaban J connectivity index is 2.16. The lowest BCUT2D eigenvalue weighted by Crippen LogP contribution is -2.37. The lowest BCUT2D eigenvalue weighted by molar-refractivity contribution is 0.166. The molecule has 0 saturated heterocycles. The lowest BCUT2D eigenvalue weighted by Gasteiger charge is -2.32. The molecule has 21 heavy (non-hydrogen) atoms. The van der Waals surface area contributed by atoms with Gasteiger partial charge in [0.2, 0.25) is 0 Å². The minimum absolute atomic E-state index is 0.216. The Bertz CT molecular complexity index is 763. The second kappa shape index (κ2) is 4.85. The fourth-order valence-electron chi connectivity index (χ4n) is 2.79. The van der Waals surface area contributed by atoms with Crippen molar-refractivity contribution in [2.75, 3.05) is 10.8 Å². The van der Waals surface area contributed by atoms with Gasteiger partial charge < -0.3 is 5.11 Å². The molecule has 0 aliphatic carbocycles. The predicted molar refractivity (Wildman–Crippen MR) is 78.6 cm³/mol. The molecule has 1 atom stereocenters. The van der Waals surface area contributed by atoms with Gasteiger partial charge in [0.15, 0.2) is 0 Å². The maximum absolute atomic E-state index is 12.9. The van der Waals surface area contributed by atoms with E-state index in [1.807, 2.05) is 0 Å². The number of hydrogen-bond donors (Lipinski definition) is 2. The summed E-state index contributed by atoms with van der Waals surface area (Å²) in [6.07, 6.45) is -0.245. The van der Waals surface area contributed by atoms with Crippen molar-refractivity contribution in [3.63, 3.8) is 0 Å². The van der Waals surface area contributed by atoms with Crippen LogP contribution < -0.4 is 4.31 Å². The number of H-pyrrole nitrogens is 1. The maximum Gasteiger partial charge on any atom is 0.267 e. The van der Waals surface area contributed by atoms with Crippen molar-refractivity contribution in [1.29, 1.82) is 0 Å². The van der Waals surface area contributed by atoms with Crippen molar-refractivity contribution >= 4 is 15.7 Å². The first-order chi connectivity index (χ1) is 9.93. The van der Waals surface area contributed by atoms with E-state index in [2.05, 4.69) is 10.2 Å². The van der Waals surface area contributed by atoms with Crippen molar-refractivity contribution < 1.29 is 13.5 Å². The molecule has 112 valence electrons. The van der Waals surface area contributed by atoms with Gasteiger partial charge in [-0.1, -0.05) is 18.2 Å². The van der Waals surface area contributed by atoms with Crippen LogP contribution in [0.25, 0.3) is 0 Å². The largest absolute Gasteiger partial charge is 0.388 e. The molecule has 1 aromatic heterocycles. The maximum atomic E-state index is 12.9. The summed E-state index contributed by atoms with van der Waals surface area (Å²) >= 11 is 0. The molecule has 1 aliphatic rings. The number of aryl methyl sites for hydroxylation is 2. The third-order valence-electron chi connectivity index (χ3n) is 3.78. The van der Waals surface area contributed by atoms with Gasteiger partial charge in [0.05, 0.1) is 23.2 Å². The highest BCUT2D eigenvalue weighted by Crippen LogP contribution is 2.37. The summed E-state index contributed by atoms with van der Waals surface area (Å²) < 4.78 is 27.2. The third kappa shape index (κ3) is 2.13. The first-order valence-corrected chi connectivity index (χ1v) is 8.18. The SMILES string of the molecule is Cc1n[nH]c(C)c1S(=O)(=O)N1CCC(O)c2ccccc21. The summed E-state index contributed by atoms with van der Waals surface area (Å²) in [6.45, 7) is 3.61. The highest BCUT2D eigenvalue weighted by atomic mass is 32.2. The van der Waals surface area contributed by atoms with Gasteiger partial charge in [-0.2, -0.15) is 5.10 Å². The highest BCUT2D eigenvalue weighted by Gasteiger charge is 2.34. The number of anilines is 1. The van der Waals surface area contributed by atoms with Crippen molar-refractivity contribution in [3.05, 3.63) is 41.2 Å². The number of para-hydroxylation sites is 1. The fraction of sp³-hybridized carbons (Fsp3) is 0.357. The zero-order valence-corrected chi connectivity index (χ0v) is 12.7. The van der Waals surface area contributed by atoms with Crippen LogP contribution in [0.1, 0.15) is 29.5 Å². The van der Waals surface area contributed by atoms with E-state index in [1.54, 1.807) is 38.1 Å². The molecule has 0 radical (unpaired) electrons. The van der Waals surface area contributed by atoms with Gasteiger partial charge in [0, 0.05) is 12.1 Å². The Morgan fingerprint density at radius 2 is 2.05 bits per heavy atom. The second-order valence-electron chi connectivity index (χ2n) is 5.20. The van der Waals surface area contributed by atoms with E-state index < -0.39 is 16.1 Å². The van der Waals surface area contributed by atoms with Crippen LogP contribution in [0.3, 0.4) is 0 Å². The number of nitrogens with zero attached hydrogens (tertiary/aromatic N) is 2. The topological polar surface area (TPSA) is 86.3 Å². The number of rotatable bonds is 2. The van der Waals surface area contributed by atoms with Gasteiger partial charge in [-0.25, -0.2) is 8.42 Å². The zero-order chi connectivity index (χ0) is 15.2. The molecule has 0 amide bonds. The van der Waals surface area contributed by atoms with Crippen LogP contribution in [-0.4, -0.2) is 30.3 Å². The van der Waals surface area contributed by atoms with Crippen LogP contribution in [0.15, 0.2) is 29.2 Å². The second-order valence-corrected chi connectivity index (χ2v) is 7.00. The fourth-order valence-corrected chi connectivity index (χ4v) is 4.64. The minimum Gasteiger partial charge on any atom is -0.388 e. The van der Waals surface area contributed by atoms with Crippen LogP contribution in [-0.2, 0) is 10.0 Å². The first kappa shape index (κ1) is 14.1. The van der Waals surface area contributed by atoms with E-state index in [9.17, 15) is 13.5 Å². The molecule has 7 heteroatoms. The summed E-state index contributed by atoms with van der Waals surface area (Å²) in [5.74, 6) is 0. The Morgan fingerprint density at radius 1 is 1.33 bits per heavy atom. The molecule has 6 nitrogen and oxygen atoms in total. The van der Waals surface area contributed by atoms with Gasteiger partial charge in [-0.15, -0.1) is 0 Å². The lowest BCUT2D eigenvalue weighted by atomic mass is 10.0. The monoisotopic (exact) mass is 307 g/mol. The van der Waals surface area contributed by atoms with Crippen LogP contribution >= 0.6 is 0 Å². The van der Waals surface area contributed by atoms with Gasteiger partial charge in [-0.3, -0.25) is 9.40 Å². The van der Waals surface area contributed by atoms with Crippen molar-refractivity contribution in [3.8, 4) is 0 Å². The van der Waals surface area contributed by atoms with Gasteiger partial charge >= 0.3 is 0 Å². The van der Waals surface area contributed by atoms with E-state index in [4.69, 9.17) is 0 Å². The molecule has 1 unspecified atom stereocenters. The first-order valence-electron chi connectivity index (χ1n) is 6.74. The molecule has 2 aromatic rings. The number of nitrogens with one attached hydrogen (secondary N) is 1. The van der Waals surface area contributed by atoms with E-state index >= 15 is 0 Å². The van der Waals surface area contributed by atoms with Crippen LogP contribution in [0, 0.1) is 13.8 Å². The van der Waals surface area contributed by atoms with Gasteiger partial charge in [0.25, 0.3) is 10.0 Å². The van der Waals surface area contributed by atoms with Crippen molar-refractivity contribution in [2.24, 2.45) is 0 Å². The number of aliphatic hydroxyl groups is 1.